The standard InChI is InChI=1S/C18H18O3/c1-3-21-18-12-14(7-11-17(18)20)6-10-16(19)15-8-4-13(2)5-9-15/h4-12,20H,3H2,1-2H3/b10-6+. The Morgan fingerprint density at radius 1 is 1.19 bits per heavy atom. The molecule has 0 spiro atoms. The summed E-state index contributed by atoms with van der Waals surface area (Å²) in [6.07, 6.45) is 3.23. The molecule has 0 bridgehead atoms. The number of hydrogen-bond acceptors (Lipinski definition) is 3. The minimum absolute atomic E-state index is 0.0546. The summed E-state index contributed by atoms with van der Waals surface area (Å²) < 4.78 is 5.31. The number of ether oxygens (including phenoxy) is 1. The van der Waals surface area contributed by atoms with E-state index in [0.29, 0.717) is 17.9 Å². The Balaban J connectivity index is 2.15. The van der Waals surface area contributed by atoms with Gasteiger partial charge in [-0.05, 0) is 37.6 Å². The molecule has 3 heteroatoms. The summed E-state index contributed by atoms with van der Waals surface area (Å²) in [6.45, 7) is 4.31. The molecule has 0 aliphatic carbocycles. The lowest BCUT2D eigenvalue weighted by Gasteiger charge is -2.06. The molecule has 3 nitrogen and oxygen atoms in total. The fourth-order valence-electron chi connectivity index (χ4n) is 1.89. The summed E-state index contributed by atoms with van der Waals surface area (Å²) in [6, 6.07) is 12.4. The fraction of sp³-hybridized carbons (Fsp3) is 0.167. The first kappa shape index (κ1) is 14.9. The van der Waals surface area contributed by atoms with Gasteiger partial charge in [-0.1, -0.05) is 42.0 Å². The van der Waals surface area contributed by atoms with Gasteiger partial charge in [0.1, 0.15) is 0 Å². The molecular formula is C18H18O3. The molecule has 2 rings (SSSR count). The maximum absolute atomic E-state index is 12.0. The van der Waals surface area contributed by atoms with Gasteiger partial charge in [-0.3, -0.25) is 4.79 Å². The van der Waals surface area contributed by atoms with Crippen molar-refractivity contribution >= 4 is 11.9 Å². The molecule has 0 aliphatic heterocycles. The summed E-state index contributed by atoms with van der Waals surface area (Å²) in [7, 11) is 0. The number of hydrogen-bond donors (Lipinski definition) is 1. The smallest absolute Gasteiger partial charge is 0.185 e. The quantitative estimate of drug-likeness (QED) is 0.666. The lowest BCUT2D eigenvalue weighted by atomic mass is 10.1. The van der Waals surface area contributed by atoms with Crippen LogP contribution in [0.3, 0.4) is 0 Å². The second-order valence-corrected chi connectivity index (χ2v) is 4.72. The Labute approximate surface area is 124 Å². The van der Waals surface area contributed by atoms with Crippen LogP contribution in [0, 0.1) is 6.92 Å². The molecule has 0 saturated carbocycles. The normalized spacial score (nSPS) is 10.8. The highest BCUT2D eigenvalue weighted by Crippen LogP contribution is 2.27. The number of carbonyl (C=O) groups excluding carboxylic acids is 1. The van der Waals surface area contributed by atoms with Crippen LogP contribution in [0.1, 0.15) is 28.4 Å². The monoisotopic (exact) mass is 282 g/mol. The second-order valence-electron chi connectivity index (χ2n) is 4.72. The molecule has 0 heterocycles. The number of aryl methyl sites for hydroxylation is 1. The van der Waals surface area contributed by atoms with E-state index in [0.717, 1.165) is 11.1 Å². The fourth-order valence-corrected chi connectivity index (χ4v) is 1.89. The summed E-state index contributed by atoms with van der Waals surface area (Å²) >= 11 is 0. The van der Waals surface area contributed by atoms with Crippen LogP contribution in [0.15, 0.2) is 48.5 Å². The summed E-state index contributed by atoms with van der Waals surface area (Å²) in [5.41, 5.74) is 2.58. The van der Waals surface area contributed by atoms with E-state index in [1.165, 1.54) is 6.08 Å². The Morgan fingerprint density at radius 3 is 2.57 bits per heavy atom. The average Bonchev–Trinajstić information content (AvgIpc) is 2.48. The van der Waals surface area contributed by atoms with Crippen molar-refractivity contribution in [2.45, 2.75) is 13.8 Å². The van der Waals surface area contributed by atoms with Gasteiger partial charge in [0.05, 0.1) is 6.61 Å². The minimum Gasteiger partial charge on any atom is -0.504 e. The largest absolute Gasteiger partial charge is 0.504 e. The van der Waals surface area contributed by atoms with E-state index >= 15 is 0 Å². The third-order valence-corrected chi connectivity index (χ3v) is 3.05. The lowest BCUT2D eigenvalue weighted by Crippen LogP contribution is -1.94. The molecule has 0 aliphatic rings. The lowest BCUT2D eigenvalue weighted by molar-refractivity contribution is 0.104. The van der Waals surface area contributed by atoms with Crippen molar-refractivity contribution in [3.8, 4) is 11.5 Å². The number of benzene rings is 2. The highest BCUT2D eigenvalue weighted by Gasteiger charge is 2.03. The van der Waals surface area contributed by atoms with E-state index in [1.807, 2.05) is 38.1 Å². The van der Waals surface area contributed by atoms with Crippen LogP contribution in [0.4, 0.5) is 0 Å². The first-order valence-electron chi connectivity index (χ1n) is 6.85. The maximum atomic E-state index is 12.0. The summed E-state index contributed by atoms with van der Waals surface area (Å²) in [5, 5.41) is 9.63. The number of ketones is 1. The summed E-state index contributed by atoms with van der Waals surface area (Å²) in [5.74, 6) is 0.460. The summed E-state index contributed by atoms with van der Waals surface area (Å²) in [4.78, 5) is 12.0. The predicted octanol–water partition coefficient (Wildman–Crippen LogP) is 4.00. The van der Waals surface area contributed by atoms with E-state index in [1.54, 1.807) is 24.3 Å². The molecule has 1 N–H and O–H groups in total. The van der Waals surface area contributed by atoms with E-state index in [-0.39, 0.29) is 11.5 Å². The molecule has 108 valence electrons. The predicted molar refractivity (Wildman–Crippen MR) is 83.8 cm³/mol. The first-order valence-corrected chi connectivity index (χ1v) is 6.85. The zero-order chi connectivity index (χ0) is 15.2. The minimum atomic E-state index is -0.0546. The van der Waals surface area contributed by atoms with Crippen LogP contribution in [0.2, 0.25) is 0 Å². The van der Waals surface area contributed by atoms with E-state index in [9.17, 15) is 9.90 Å². The second kappa shape index (κ2) is 6.75. The third kappa shape index (κ3) is 3.96. The van der Waals surface area contributed by atoms with Gasteiger partial charge in [-0.15, -0.1) is 0 Å². The number of phenols is 1. The molecule has 0 atom stereocenters. The van der Waals surface area contributed by atoms with E-state index in [2.05, 4.69) is 0 Å². The highest BCUT2D eigenvalue weighted by molar-refractivity contribution is 6.06. The van der Waals surface area contributed by atoms with Crippen LogP contribution >= 0.6 is 0 Å². The maximum Gasteiger partial charge on any atom is 0.185 e. The number of carbonyl (C=O) groups is 1. The topological polar surface area (TPSA) is 46.5 Å². The van der Waals surface area contributed by atoms with Crippen molar-refractivity contribution in [2.24, 2.45) is 0 Å². The van der Waals surface area contributed by atoms with Gasteiger partial charge < -0.3 is 9.84 Å². The Hall–Kier alpha value is -2.55. The molecule has 2 aromatic carbocycles. The zero-order valence-corrected chi connectivity index (χ0v) is 12.2. The number of aromatic hydroxyl groups is 1. The van der Waals surface area contributed by atoms with Crippen molar-refractivity contribution in [1.82, 2.24) is 0 Å². The third-order valence-electron chi connectivity index (χ3n) is 3.05. The molecule has 21 heavy (non-hydrogen) atoms. The van der Waals surface area contributed by atoms with Crippen molar-refractivity contribution in [2.75, 3.05) is 6.61 Å². The van der Waals surface area contributed by atoms with E-state index in [4.69, 9.17) is 4.74 Å². The van der Waals surface area contributed by atoms with E-state index < -0.39 is 0 Å². The first-order chi connectivity index (χ1) is 10.1. The van der Waals surface area contributed by atoms with Crippen molar-refractivity contribution in [1.29, 1.82) is 0 Å². The number of phenolic OH excluding ortho intramolecular Hbond substituents is 1. The Morgan fingerprint density at radius 2 is 1.90 bits per heavy atom. The van der Waals surface area contributed by atoms with Gasteiger partial charge >= 0.3 is 0 Å². The van der Waals surface area contributed by atoms with Gasteiger partial charge in [0, 0.05) is 5.56 Å². The molecule has 0 amide bonds. The van der Waals surface area contributed by atoms with Gasteiger partial charge in [-0.2, -0.15) is 0 Å². The van der Waals surface area contributed by atoms with Crippen LogP contribution in [-0.4, -0.2) is 17.5 Å². The molecular weight excluding hydrogens is 264 g/mol. The molecule has 2 aromatic rings. The zero-order valence-electron chi connectivity index (χ0n) is 12.2. The van der Waals surface area contributed by atoms with Crippen molar-refractivity contribution in [3.05, 3.63) is 65.2 Å². The van der Waals surface area contributed by atoms with Crippen LogP contribution in [0.25, 0.3) is 6.08 Å². The average molecular weight is 282 g/mol. The Kier molecular flexibility index (Phi) is 4.77. The number of rotatable bonds is 5. The number of allylic oxidation sites excluding steroid dienone is 1. The molecule has 0 saturated heterocycles. The highest BCUT2D eigenvalue weighted by atomic mass is 16.5. The Bertz CT molecular complexity index is 655. The van der Waals surface area contributed by atoms with Crippen molar-refractivity contribution < 1.29 is 14.6 Å². The molecule has 0 radical (unpaired) electrons. The molecule has 0 unspecified atom stereocenters. The van der Waals surface area contributed by atoms with Gasteiger partial charge in [0.25, 0.3) is 0 Å². The van der Waals surface area contributed by atoms with Gasteiger partial charge in [0.15, 0.2) is 17.3 Å². The van der Waals surface area contributed by atoms with Gasteiger partial charge in [0.2, 0.25) is 0 Å². The molecule has 0 fully saturated rings. The van der Waals surface area contributed by atoms with Crippen molar-refractivity contribution in [3.63, 3.8) is 0 Å². The van der Waals surface area contributed by atoms with Crippen LogP contribution < -0.4 is 4.74 Å². The van der Waals surface area contributed by atoms with Crippen LogP contribution in [-0.2, 0) is 0 Å². The molecule has 0 aromatic heterocycles. The van der Waals surface area contributed by atoms with Crippen LogP contribution in [0.5, 0.6) is 11.5 Å². The SMILES string of the molecule is CCOc1cc(/C=C/C(=O)c2ccc(C)cc2)ccc1O. The van der Waals surface area contributed by atoms with Gasteiger partial charge in [-0.25, -0.2) is 0 Å².